The molecular weight excluding hydrogens is 403 g/mol. The number of nitrogens with zero attached hydrogens (tertiary/aromatic N) is 3. The highest BCUT2D eigenvalue weighted by molar-refractivity contribution is 7.20. The van der Waals surface area contributed by atoms with E-state index in [4.69, 9.17) is 10.5 Å². The molecule has 2 N–H and O–H groups in total. The lowest BCUT2D eigenvalue weighted by Crippen LogP contribution is -2.37. The van der Waals surface area contributed by atoms with Crippen molar-refractivity contribution in [3.63, 3.8) is 0 Å². The normalized spacial score (nSPS) is 21.3. The Kier molecular flexibility index (Phi) is 5.04. The van der Waals surface area contributed by atoms with E-state index >= 15 is 0 Å². The Morgan fingerprint density at radius 2 is 1.87 bits per heavy atom. The second-order valence-corrected chi connectivity index (χ2v) is 9.08. The zero-order valence-corrected chi connectivity index (χ0v) is 17.3. The molecule has 0 aliphatic carbocycles. The van der Waals surface area contributed by atoms with Gasteiger partial charge in [0.2, 0.25) is 0 Å². The van der Waals surface area contributed by atoms with Crippen molar-refractivity contribution in [2.24, 2.45) is 17.6 Å². The number of primary amides is 1. The summed E-state index contributed by atoms with van der Waals surface area (Å²) in [6.07, 6.45) is 0.964. The number of aromatic nitrogens is 1. The van der Waals surface area contributed by atoms with E-state index in [-0.39, 0.29) is 11.8 Å². The standard InChI is InChI=1S/C22H23FN4O2S/c23-18-2-1-3-19-20(18)25-22(30-19)29-17-6-4-14(5-7-17)8-9-26-10-15-12-27(21(24)28)13-16(15)11-26/h1-7,15-16H,8-13H2,(H2,24,28)/t15-,16?/m1/s1. The second-order valence-electron chi connectivity index (χ2n) is 8.09. The number of para-hydroxylation sites is 1. The number of carbonyl (C=O) groups is 1. The van der Waals surface area contributed by atoms with Crippen LogP contribution in [0.3, 0.4) is 0 Å². The molecular formula is C22H23FN4O2S. The Labute approximate surface area is 178 Å². The summed E-state index contributed by atoms with van der Waals surface area (Å²) < 4.78 is 20.4. The van der Waals surface area contributed by atoms with Crippen LogP contribution in [0.15, 0.2) is 42.5 Å². The van der Waals surface area contributed by atoms with Crippen molar-refractivity contribution in [1.29, 1.82) is 0 Å². The first kappa shape index (κ1) is 19.3. The van der Waals surface area contributed by atoms with Crippen LogP contribution in [0, 0.1) is 17.7 Å². The zero-order chi connectivity index (χ0) is 20.7. The number of fused-ring (bicyclic) bond motifs is 2. The second kappa shape index (κ2) is 7.85. The lowest BCUT2D eigenvalue weighted by molar-refractivity contribution is 0.209. The van der Waals surface area contributed by atoms with Crippen LogP contribution in [0.5, 0.6) is 10.9 Å². The van der Waals surface area contributed by atoms with Gasteiger partial charge in [0.25, 0.3) is 5.19 Å². The first-order valence-electron chi connectivity index (χ1n) is 10.1. The van der Waals surface area contributed by atoms with Gasteiger partial charge in [0, 0.05) is 32.7 Å². The Morgan fingerprint density at radius 1 is 1.13 bits per heavy atom. The van der Waals surface area contributed by atoms with Gasteiger partial charge in [-0.2, -0.15) is 4.98 Å². The van der Waals surface area contributed by atoms with Crippen LogP contribution in [-0.4, -0.2) is 53.5 Å². The molecule has 8 heteroatoms. The monoisotopic (exact) mass is 426 g/mol. The fraction of sp³-hybridized carbons (Fsp3) is 0.364. The third-order valence-corrected chi connectivity index (χ3v) is 6.97. The largest absolute Gasteiger partial charge is 0.431 e. The van der Waals surface area contributed by atoms with Gasteiger partial charge in [0.15, 0.2) is 0 Å². The van der Waals surface area contributed by atoms with E-state index in [1.54, 1.807) is 11.0 Å². The number of carbonyl (C=O) groups excluding carboxylic acids is 1. The topological polar surface area (TPSA) is 71.7 Å². The molecule has 2 atom stereocenters. The number of urea groups is 1. The number of hydrogen-bond acceptors (Lipinski definition) is 5. The van der Waals surface area contributed by atoms with Gasteiger partial charge < -0.3 is 20.3 Å². The van der Waals surface area contributed by atoms with Crippen LogP contribution in [0.2, 0.25) is 0 Å². The predicted molar refractivity (Wildman–Crippen MR) is 114 cm³/mol. The molecule has 2 aromatic carbocycles. The lowest BCUT2D eigenvalue weighted by atomic mass is 10.0. The number of rotatable bonds is 5. The highest BCUT2D eigenvalue weighted by atomic mass is 32.1. The number of amides is 2. The molecule has 2 aliphatic heterocycles. The van der Waals surface area contributed by atoms with Crippen LogP contribution >= 0.6 is 11.3 Å². The van der Waals surface area contributed by atoms with E-state index in [2.05, 4.69) is 22.0 Å². The summed E-state index contributed by atoms with van der Waals surface area (Å²) in [5.74, 6) is 1.46. The summed E-state index contributed by atoms with van der Waals surface area (Å²) in [4.78, 5) is 19.8. The molecule has 0 bridgehead atoms. The summed E-state index contributed by atoms with van der Waals surface area (Å²) in [6, 6.07) is 12.6. The number of thiazole rings is 1. The van der Waals surface area contributed by atoms with Crippen molar-refractivity contribution in [2.75, 3.05) is 32.7 Å². The molecule has 5 rings (SSSR count). The first-order valence-corrected chi connectivity index (χ1v) is 11.0. The zero-order valence-electron chi connectivity index (χ0n) is 16.5. The third kappa shape index (κ3) is 3.85. The van der Waals surface area contributed by atoms with Crippen LogP contribution in [0.4, 0.5) is 9.18 Å². The molecule has 3 heterocycles. The van der Waals surface area contributed by atoms with Crippen molar-refractivity contribution < 1.29 is 13.9 Å². The quantitative estimate of drug-likeness (QED) is 0.675. The van der Waals surface area contributed by atoms with E-state index in [1.807, 2.05) is 18.2 Å². The summed E-state index contributed by atoms with van der Waals surface area (Å²) in [6.45, 7) is 4.64. The smallest absolute Gasteiger partial charge is 0.314 e. The molecule has 2 saturated heterocycles. The minimum absolute atomic E-state index is 0.297. The van der Waals surface area contributed by atoms with Crippen molar-refractivity contribution in [3.8, 4) is 10.9 Å². The van der Waals surface area contributed by atoms with Gasteiger partial charge in [-0.3, -0.25) is 0 Å². The van der Waals surface area contributed by atoms with Crippen molar-refractivity contribution in [1.82, 2.24) is 14.8 Å². The predicted octanol–water partition coefficient (Wildman–Crippen LogP) is 3.71. The number of likely N-dealkylation sites (tertiary alicyclic amines) is 2. The van der Waals surface area contributed by atoms with E-state index in [0.29, 0.717) is 28.3 Å². The van der Waals surface area contributed by atoms with Gasteiger partial charge in [-0.05, 0) is 48.1 Å². The van der Waals surface area contributed by atoms with E-state index in [0.717, 1.165) is 43.8 Å². The molecule has 3 aromatic rings. The van der Waals surface area contributed by atoms with E-state index in [9.17, 15) is 9.18 Å². The summed E-state index contributed by atoms with van der Waals surface area (Å²) in [5, 5.41) is 0.441. The van der Waals surface area contributed by atoms with Gasteiger partial charge in [0.05, 0.1) is 4.70 Å². The molecule has 1 unspecified atom stereocenters. The van der Waals surface area contributed by atoms with Gasteiger partial charge >= 0.3 is 6.03 Å². The number of halogens is 1. The number of hydrogen-bond donors (Lipinski definition) is 1. The summed E-state index contributed by atoms with van der Waals surface area (Å²) >= 11 is 1.34. The molecule has 2 amide bonds. The molecule has 0 spiro atoms. The molecule has 1 aromatic heterocycles. The number of benzene rings is 2. The number of nitrogens with two attached hydrogens (primary N) is 1. The minimum atomic E-state index is -0.331. The van der Waals surface area contributed by atoms with Crippen LogP contribution < -0.4 is 10.5 Å². The van der Waals surface area contributed by atoms with E-state index < -0.39 is 0 Å². The Bertz CT molecular complexity index is 1060. The van der Waals surface area contributed by atoms with Gasteiger partial charge in [0.1, 0.15) is 17.1 Å². The molecule has 30 heavy (non-hydrogen) atoms. The first-order chi connectivity index (χ1) is 14.5. The van der Waals surface area contributed by atoms with Gasteiger partial charge in [-0.25, -0.2) is 9.18 Å². The van der Waals surface area contributed by atoms with Gasteiger partial charge in [-0.15, -0.1) is 0 Å². The summed E-state index contributed by atoms with van der Waals surface area (Å²) in [7, 11) is 0. The molecule has 156 valence electrons. The van der Waals surface area contributed by atoms with Crippen LogP contribution in [-0.2, 0) is 6.42 Å². The van der Waals surface area contributed by atoms with Crippen LogP contribution in [0.1, 0.15) is 5.56 Å². The lowest BCUT2D eigenvalue weighted by Gasteiger charge is -2.20. The molecule has 2 aliphatic rings. The number of ether oxygens (including phenoxy) is 1. The Hall–Kier alpha value is -2.71. The SMILES string of the molecule is NC(=O)N1CC2CN(CCc3ccc(Oc4nc5c(F)cccc5s4)cc3)C[C@@H]2C1. The maximum absolute atomic E-state index is 13.8. The fourth-order valence-corrected chi connectivity index (χ4v) is 5.35. The molecule has 2 fully saturated rings. The average molecular weight is 427 g/mol. The maximum atomic E-state index is 13.8. The van der Waals surface area contributed by atoms with Crippen LogP contribution in [0.25, 0.3) is 10.2 Å². The Morgan fingerprint density at radius 3 is 2.53 bits per heavy atom. The highest BCUT2D eigenvalue weighted by Gasteiger charge is 2.40. The van der Waals surface area contributed by atoms with E-state index in [1.165, 1.54) is 23.0 Å². The maximum Gasteiger partial charge on any atom is 0.314 e. The third-order valence-electron chi connectivity index (χ3n) is 6.07. The fourth-order valence-electron chi connectivity index (χ4n) is 4.50. The van der Waals surface area contributed by atoms with Gasteiger partial charge in [-0.1, -0.05) is 29.5 Å². The van der Waals surface area contributed by atoms with Crippen molar-refractivity contribution in [2.45, 2.75) is 6.42 Å². The molecule has 0 radical (unpaired) electrons. The highest BCUT2D eigenvalue weighted by Crippen LogP contribution is 2.33. The van der Waals surface area contributed by atoms with Crippen molar-refractivity contribution in [3.05, 3.63) is 53.8 Å². The summed E-state index contributed by atoms with van der Waals surface area (Å²) in [5.41, 5.74) is 6.99. The van der Waals surface area contributed by atoms with Crippen molar-refractivity contribution >= 4 is 27.6 Å². The minimum Gasteiger partial charge on any atom is -0.431 e. The molecule has 6 nitrogen and oxygen atoms in total. The average Bonchev–Trinajstić information content (AvgIpc) is 3.40. The Balaban J connectivity index is 1.14. The molecule has 0 saturated carbocycles.